The number of aryl methyl sites for hydroxylation is 2. The predicted octanol–water partition coefficient (Wildman–Crippen LogP) is 5.07. The Morgan fingerprint density at radius 3 is 2.61 bits per heavy atom. The zero-order chi connectivity index (χ0) is 22.0. The third-order valence-electron chi connectivity index (χ3n) is 5.50. The van der Waals surface area contributed by atoms with Crippen LogP contribution in [0.4, 0.5) is 5.13 Å². The number of halogens is 1. The maximum Gasteiger partial charge on any atom is 0.276 e. The van der Waals surface area contributed by atoms with Crippen molar-refractivity contribution in [3.05, 3.63) is 61.5 Å². The first-order chi connectivity index (χ1) is 14.9. The van der Waals surface area contributed by atoms with E-state index >= 15 is 0 Å². The van der Waals surface area contributed by atoms with E-state index in [2.05, 4.69) is 15.3 Å². The molecule has 0 spiro atoms. The number of nitrogens with one attached hydrogen (secondary N) is 1. The van der Waals surface area contributed by atoms with Crippen LogP contribution in [-0.4, -0.2) is 39.8 Å². The molecule has 3 heterocycles. The summed E-state index contributed by atoms with van der Waals surface area (Å²) in [7, 11) is 0. The first-order valence-electron chi connectivity index (χ1n) is 10.1. The van der Waals surface area contributed by atoms with Crippen LogP contribution >= 0.6 is 34.3 Å². The van der Waals surface area contributed by atoms with Gasteiger partial charge in [-0.2, -0.15) is 0 Å². The van der Waals surface area contributed by atoms with Gasteiger partial charge in [0.25, 0.3) is 5.91 Å². The average molecular weight is 475 g/mol. The highest BCUT2D eigenvalue weighted by molar-refractivity contribution is 7.15. The molecule has 2 aromatic heterocycles. The number of benzene rings is 1. The third kappa shape index (κ3) is 5.14. The van der Waals surface area contributed by atoms with Crippen LogP contribution in [0.5, 0.6) is 0 Å². The van der Waals surface area contributed by atoms with E-state index in [1.807, 2.05) is 43.0 Å². The van der Waals surface area contributed by atoms with E-state index < -0.39 is 0 Å². The molecule has 9 heteroatoms. The van der Waals surface area contributed by atoms with Gasteiger partial charge in [0.05, 0.1) is 17.1 Å². The molecule has 6 nitrogen and oxygen atoms in total. The van der Waals surface area contributed by atoms with Gasteiger partial charge in [-0.25, -0.2) is 9.97 Å². The molecule has 1 fully saturated rings. The molecule has 1 saturated heterocycles. The maximum atomic E-state index is 12.7. The van der Waals surface area contributed by atoms with Gasteiger partial charge in [-0.3, -0.25) is 14.9 Å². The van der Waals surface area contributed by atoms with Crippen molar-refractivity contribution >= 4 is 51.2 Å². The number of amides is 2. The molecule has 31 heavy (non-hydrogen) atoms. The molecule has 0 aliphatic carbocycles. The Kier molecular flexibility index (Phi) is 6.69. The molecular weight excluding hydrogens is 452 g/mol. The fourth-order valence-corrected chi connectivity index (χ4v) is 5.54. The van der Waals surface area contributed by atoms with Crippen molar-refractivity contribution in [1.29, 1.82) is 0 Å². The molecule has 1 aliphatic heterocycles. The lowest BCUT2D eigenvalue weighted by atomic mass is 9.97. The quantitative estimate of drug-likeness (QED) is 0.560. The summed E-state index contributed by atoms with van der Waals surface area (Å²) in [6, 6.07) is 7.46. The van der Waals surface area contributed by atoms with Crippen LogP contribution in [0.25, 0.3) is 0 Å². The molecule has 4 rings (SSSR count). The number of likely N-dealkylation sites (tertiary alicyclic amines) is 1. The Morgan fingerprint density at radius 1 is 1.19 bits per heavy atom. The standard InChI is InChI=1S/C22H23ClN4O2S2/c1-13-14(2)31-22(24-13)26-20(29)18-12-30-21(25-18)15-7-9-27(10-8-15)19(28)11-16-5-3-4-6-17(16)23/h3-6,12,15H,7-11H2,1-2H3,(H,24,26,29). The fraction of sp³-hybridized carbons (Fsp3) is 0.364. The maximum absolute atomic E-state index is 12.7. The predicted molar refractivity (Wildman–Crippen MR) is 125 cm³/mol. The Bertz CT molecular complexity index is 1080. The molecule has 0 atom stereocenters. The second kappa shape index (κ2) is 9.46. The van der Waals surface area contributed by atoms with Crippen molar-refractivity contribution in [3.63, 3.8) is 0 Å². The van der Waals surface area contributed by atoms with E-state index in [-0.39, 0.29) is 17.7 Å². The van der Waals surface area contributed by atoms with Crippen molar-refractivity contribution in [2.75, 3.05) is 18.4 Å². The van der Waals surface area contributed by atoms with Crippen LogP contribution in [0.15, 0.2) is 29.6 Å². The summed E-state index contributed by atoms with van der Waals surface area (Å²) in [4.78, 5) is 37.1. The van der Waals surface area contributed by atoms with Crippen LogP contribution in [0, 0.1) is 13.8 Å². The Hall–Kier alpha value is -2.29. The highest BCUT2D eigenvalue weighted by atomic mass is 35.5. The van der Waals surface area contributed by atoms with Gasteiger partial charge in [-0.05, 0) is 38.3 Å². The molecule has 1 N–H and O–H groups in total. The Balaban J connectivity index is 1.32. The molecule has 0 bridgehead atoms. The van der Waals surface area contributed by atoms with E-state index in [9.17, 15) is 9.59 Å². The molecule has 0 unspecified atom stereocenters. The lowest BCUT2D eigenvalue weighted by Crippen LogP contribution is -2.38. The van der Waals surface area contributed by atoms with Gasteiger partial charge in [0.2, 0.25) is 5.91 Å². The lowest BCUT2D eigenvalue weighted by Gasteiger charge is -2.31. The number of thiazole rings is 2. The number of hydrogen-bond donors (Lipinski definition) is 1. The summed E-state index contributed by atoms with van der Waals surface area (Å²) in [6.07, 6.45) is 2.00. The largest absolute Gasteiger partial charge is 0.342 e. The van der Waals surface area contributed by atoms with E-state index in [0.717, 1.165) is 34.0 Å². The fourth-order valence-electron chi connectivity index (χ4n) is 3.56. The van der Waals surface area contributed by atoms with Gasteiger partial charge in [-0.1, -0.05) is 29.8 Å². The molecule has 3 aromatic rings. The number of anilines is 1. The normalized spacial score (nSPS) is 14.6. The van der Waals surface area contributed by atoms with Gasteiger partial charge < -0.3 is 4.90 Å². The second-order valence-electron chi connectivity index (χ2n) is 7.61. The number of hydrogen-bond acceptors (Lipinski definition) is 6. The first kappa shape index (κ1) is 21.9. The number of nitrogens with zero attached hydrogens (tertiary/aromatic N) is 3. The number of piperidine rings is 1. The minimum absolute atomic E-state index is 0.0970. The van der Waals surface area contributed by atoms with E-state index in [0.29, 0.717) is 35.4 Å². The van der Waals surface area contributed by atoms with Crippen molar-refractivity contribution in [2.24, 2.45) is 0 Å². The zero-order valence-electron chi connectivity index (χ0n) is 17.4. The second-order valence-corrected chi connectivity index (χ2v) is 10.1. The Morgan fingerprint density at radius 2 is 1.94 bits per heavy atom. The number of carbonyl (C=O) groups is 2. The van der Waals surface area contributed by atoms with Crippen LogP contribution < -0.4 is 5.32 Å². The molecule has 0 radical (unpaired) electrons. The van der Waals surface area contributed by atoms with Crippen LogP contribution in [0.3, 0.4) is 0 Å². The number of aromatic nitrogens is 2. The van der Waals surface area contributed by atoms with Crippen molar-refractivity contribution in [1.82, 2.24) is 14.9 Å². The van der Waals surface area contributed by atoms with Crippen molar-refractivity contribution < 1.29 is 9.59 Å². The molecule has 162 valence electrons. The molecule has 0 saturated carbocycles. The topological polar surface area (TPSA) is 75.2 Å². The highest BCUT2D eigenvalue weighted by Gasteiger charge is 2.26. The molecular formula is C22H23ClN4O2S2. The van der Waals surface area contributed by atoms with E-state index in [1.165, 1.54) is 22.7 Å². The monoisotopic (exact) mass is 474 g/mol. The summed E-state index contributed by atoms with van der Waals surface area (Å²) in [6.45, 7) is 5.28. The van der Waals surface area contributed by atoms with Gasteiger partial charge in [0, 0.05) is 34.3 Å². The van der Waals surface area contributed by atoms with Gasteiger partial charge in [0.15, 0.2) is 5.13 Å². The van der Waals surface area contributed by atoms with Gasteiger partial charge in [-0.15, -0.1) is 22.7 Å². The van der Waals surface area contributed by atoms with Gasteiger partial charge >= 0.3 is 0 Å². The molecule has 2 amide bonds. The first-order valence-corrected chi connectivity index (χ1v) is 12.2. The van der Waals surface area contributed by atoms with Crippen LogP contribution in [-0.2, 0) is 11.2 Å². The van der Waals surface area contributed by atoms with Crippen molar-refractivity contribution in [3.8, 4) is 0 Å². The lowest BCUT2D eigenvalue weighted by molar-refractivity contribution is -0.131. The van der Waals surface area contributed by atoms with E-state index in [1.54, 1.807) is 5.38 Å². The highest BCUT2D eigenvalue weighted by Crippen LogP contribution is 2.31. The smallest absolute Gasteiger partial charge is 0.276 e. The number of rotatable bonds is 5. The summed E-state index contributed by atoms with van der Waals surface area (Å²) in [5.41, 5.74) is 2.20. The summed E-state index contributed by atoms with van der Waals surface area (Å²) >= 11 is 9.16. The molecule has 1 aromatic carbocycles. The SMILES string of the molecule is Cc1nc(NC(=O)c2csc(C3CCN(C(=O)Cc4ccccc4Cl)CC3)n2)sc1C. The minimum atomic E-state index is -0.233. The summed E-state index contributed by atoms with van der Waals surface area (Å²) in [5, 5.41) is 6.81. The Labute approximate surface area is 194 Å². The minimum Gasteiger partial charge on any atom is -0.342 e. The van der Waals surface area contributed by atoms with Gasteiger partial charge in [0.1, 0.15) is 5.69 Å². The van der Waals surface area contributed by atoms with Crippen LogP contribution in [0.2, 0.25) is 5.02 Å². The third-order valence-corrected chi connectivity index (χ3v) is 7.86. The summed E-state index contributed by atoms with van der Waals surface area (Å²) < 4.78 is 0. The summed E-state index contributed by atoms with van der Waals surface area (Å²) in [5.74, 6) is 0.128. The zero-order valence-corrected chi connectivity index (χ0v) is 19.7. The molecule has 1 aliphatic rings. The van der Waals surface area contributed by atoms with E-state index in [4.69, 9.17) is 11.6 Å². The average Bonchev–Trinajstić information content (AvgIpc) is 3.37. The number of carbonyl (C=O) groups excluding carboxylic acids is 2. The van der Waals surface area contributed by atoms with Crippen LogP contribution in [0.1, 0.15) is 50.4 Å². The van der Waals surface area contributed by atoms with Crippen molar-refractivity contribution in [2.45, 2.75) is 39.0 Å².